The van der Waals surface area contributed by atoms with E-state index in [0.29, 0.717) is 16.7 Å². The van der Waals surface area contributed by atoms with Crippen molar-refractivity contribution in [2.45, 2.75) is 25.6 Å². The molecule has 4 rings (SSSR count). The van der Waals surface area contributed by atoms with E-state index in [1.165, 1.54) is 12.1 Å². The van der Waals surface area contributed by atoms with Gasteiger partial charge in [0.25, 0.3) is 5.56 Å². The number of alkyl halides is 2. The van der Waals surface area contributed by atoms with E-state index in [1.54, 1.807) is 30.3 Å². The molecule has 31 heavy (non-hydrogen) atoms. The summed E-state index contributed by atoms with van der Waals surface area (Å²) in [7, 11) is 0. The lowest BCUT2D eigenvalue weighted by Crippen LogP contribution is -2.28. The maximum atomic E-state index is 12.5. The molecule has 2 atom stereocenters. The molecule has 0 bridgehead atoms. The second-order valence-corrected chi connectivity index (χ2v) is 7.15. The largest absolute Gasteiger partial charge is 0.435 e. The normalized spacial score (nSPS) is 13.3. The summed E-state index contributed by atoms with van der Waals surface area (Å²) in [5, 5.41) is 4.03. The van der Waals surface area contributed by atoms with Gasteiger partial charge in [-0.2, -0.15) is 8.78 Å². The zero-order valence-corrected chi connectivity index (χ0v) is 16.8. The molecule has 7 heteroatoms. The number of nitrogens with zero attached hydrogens (tertiary/aromatic N) is 1. The average Bonchev–Trinajstić information content (AvgIpc) is 2.78. The van der Waals surface area contributed by atoms with Gasteiger partial charge in [-0.3, -0.25) is 10.1 Å². The number of aromatic amines is 1. The quantitative estimate of drug-likeness (QED) is 0.442. The Hall–Kier alpha value is -3.58. The van der Waals surface area contributed by atoms with E-state index in [9.17, 15) is 13.6 Å². The van der Waals surface area contributed by atoms with Gasteiger partial charge in [0, 0.05) is 0 Å². The summed E-state index contributed by atoms with van der Waals surface area (Å²) in [5.41, 5.74) is 2.28. The number of para-hydroxylation sites is 1. The van der Waals surface area contributed by atoms with Gasteiger partial charge < -0.3 is 9.72 Å². The smallest absolute Gasteiger partial charge is 0.387 e. The molecule has 1 heterocycles. The molecule has 0 radical (unpaired) electrons. The van der Waals surface area contributed by atoms with Crippen LogP contribution in [0.2, 0.25) is 0 Å². The first-order valence-electron chi connectivity index (χ1n) is 9.86. The number of fused-ring (bicyclic) bond motifs is 1. The number of H-pyrrole nitrogens is 1. The van der Waals surface area contributed by atoms with Crippen LogP contribution in [0.5, 0.6) is 5.75 Å². The van der Waals surface area contributed by atoms with Gasteiger partial charge in [0.1, 0.15) is 11.6 Å². The van der Waals surface area contributed by atoms with Gasteiger partial charge in [-0.1, -0.05) is 54.6 Å². The summed E-state index contributed by atoms with van der Waals surface area (Å²) in [6.07, 6.45) is 0. The van der Waals surface area contributed by atoms with Crippen molar-refractivity contribution in [3.8, 4) is 5.75 Å². The highest BCUT2D eigenvalue weighted by atomic mass is 19.3. The molecule has 0 aliphatic carbocycles. The fourth-order valence-electron chi connectivity index (χ4n) is 3.51. The van der Waals surface area contributed by atoms with Gasteiger partial charge >= 0.3 is 6.61 Å². The monoisotopic (exact) mass is 421 g/mol. The highest BCUT2D eigenvalue weighted by Gasteiger charge is 2.20. The van der Waals surface area contributed by atoms with Crippen LogP contribution in [0.25, 0.3) is 10.9 Å². The van der Waals surface area contributed by atoms with Crippen molar-refractivity contribution < 1.29 is 13.5 Å². The van der Waals surface area contributed by atoms with Gasteiger partial charge in [-0.25, -0.2) is 4.98 Å². The standard InChI is InChI=1S/C24H21F2N3O2/c1-15(22-28-20-10-6-5-9-19(20)23(30)29-22)27-21(16-7-3-2-4-8-16)17-11-13-18(14-12-17)31-24(25)26/h2-15,21,24,27H,1H3,(H,28,29,30)/t15-,21+/m1/s1. The average molecular weight is 421 g/mol. The zero-order valence-electron chi connectivity index (χ0n) is 16.8. The van der Waals surface area contributed by atoms with E-state index in [-0.39, 0.29) is 23.4 Å². The molecule has 0 amide bonds. The Balaban J connectivity index is 1.66. The molecule has 5 nitrogen and oxygen atoms in total. The number of ether oxygens (including phenoxy) is 1. The van der Waals surface area contributed by atoms with E-state index in [2.05, 4.69) is 20.0 Å². The first-order valence-corrected chi connectivity index (χ1v) is 9.86. The maximum absolute atomic E-state index is 12.5. The van der Waals surface area contributed by atoms with Gasteiger partial charge in [-0.05, 0) is 42.3 Å². The molecule has 0 fully saturated rings. The van der Waals surface area contributed by atoms with Crippen LogP contribution in [0, 0.1) is 0 Å². The number of hydrogen-bond acceptors (Lipinski definition) is 4. The van der Waals surface area contributed by atoms with Crippen molar-refractivity contribution >= 4 is 10.9 Å². The van der Waals surface area contributed by atoms with Gasteiger partial charge in [0.05, 0.1) is 23.0 Å². The van der Waals surface area contributed by atoms with E-state index in [0.717, 1.165) is 11.1 Å². The summed E-state index contributed by atoms with van der Waals surface area (Å²) in [6, 6.07) is 22.9. The summed E-state index contributed by atoms with van der Waals surface area (Å²) in [6.45, 7) is -0.957. The predicted molar refractivity (Wildman–Crippen MR) is 115 cm³/mol. The van der Waals surface area contributed by atoms with Crippen molar-refractivity contribution in [1.29, 1.82) is 0 Å². The third-order valence-electron chi connectivity index (χ3n) is 5.03. The Morgan fingerprint density at radius 3 is 2.26 bits per heavy atom. The molecule has 3 aromatic carbocycles. The van der Waals surface area contributed by atoms with Gasteiger partial charge in [0.2, 0.25) is 0 Å². The summed E-state index contributed by atoms with van der Waals surface area (Å²) >= 11 is 0. The summed E-state index contributed by atoms with van der Waals surface area (Å²) in [4.78, 5) is 19.9. The second kappa shape index (κ2) is 9.06. The van der Waals surface area contributed by atoms with Gasteiger partial charge in [0.15, 0.2) is 0 Å². The SMILES string of the molecule is C[C@@H](N[C@@H](c1ccccc1)c1ccc(OC(F)F)cc1)c1nc2ccccc2c(=O)[nH]1. The van der Waals surface area contributed by atoms with E-state index >= 15 is 0 Å². The van der Waals surface area contributed by atoms with E-state index < -0.39 is 6.61 Å². The molecule has 4 aromatic rings. The summed E-state index contributed by atoms with van der Waals surface area (Å²) in [5.74, 6) is 0.612. The number of hydrogen-bond donors (Lipinski definition) is 2. The van der Waals surface area contributed by atoms with Crippen molar-refractivity contribution in [1.82, 2.24) is 15.3 Å². The second-order valence-electron chi connectivity index (χ2n) is 7.15. The Morgan fingerprint density at radius 1 is 0.903 bits per heavy atom. The van der Waals surface area contributed by atoms with Crippen LogP contribution in [-0.2, 0) is 0 Å². The maximum Gasteiger partial charge on any atom is 0.387 e. The third-order valence-corrected chi connectivity index (χ3v) is 5.03. The first kappa shape index (κ1) is 20.7. The van der Waals surface area contributed by atoms with Crippen molar-refractivity contribution in [3.63, 3.8) is 0 Å². The zero-order chi connectivity index (χ0) is 21.8. The van der Waals surface area contributed by atoms with Crippen molar-refractivity contribution in [2.24, 2.45) is 0 Å². The lowest BCUT2D eigenvalue weighted by molar-refractivity contribution is -0.0498. The number of rotatable bonds is 7. The molecule has 0 saturated carbocycles. The Labute approximate surface area is 177 Å². The molecule has 0 aliphatic rings. The van der Waals surface area contributed by atoms with Crippen LogP contribution < -0.4 is 15.6 Å². The lowest BCUT2D eigenvalue weighted by Gasteiger charge is -2.24. The third kappa shape index (κ3) is 4.78. The number of nitrogens with one attached hydrogen (secondary N) is 2. The van der Waals surface area contributed by atoms with Crippen LogP contribution in [0.1, 0.15) is 36.0 Å². The topological polar surface area (TPSA) is 67.0 Å². The molecule has 158 valence electrons. The fraction of sp³-hybridized carbons (Fsp3) is 0.167. The molecule has 0 spiro atoms. The predicted octanol–water partition coefficient (Wildman–Crippen LogP) is 4.96. The Bertz CT molecular complexity index is 1210. The molecular weight excluding hydrogens is 400 g/mol. The molecule has 1 aromatic heterocycles. The first-order chi connectivity index (χ1) is 15.0. The number of aromatic nitrogens is 2. The summed E-state index contributed by atoms with van der Waals surface area (Å²) < 4.78 is 29.4. The fourth-order valence-corrected chi connectivity index (χ4v) is 3.51. The minimum Gasteiger partial charge on any atom is -0.435 e. The van der Waals surface area contributed by atoms with Crippen LogP contribution in [-0.4, -0.2) is 16.6 Å². The Kier molecular flexibility index (Phi) is 6.04. The number of halogens is 2. The van der Waals surface area contributed by atoms with Crippen molar-refractivity contribution in [3.05, 3.63) is 106 Å². The molecule has 0 aliphatic heterocycles. The minimum atomic E-state index is -2.87. The van der Waals surface area contributed by atoms with Crippen molar-refractivity contribution in [2.75, 3.05) is 0 Å². The highest BCUT2D eigenvalue weighted by Crippen LogP contribution is 2.27. The van der Waals surface area contributed by atoms with Crippen LogP contribution >= 0.6 is 0 Å². The number of benzene rings is 3. The molecular formula is C24H21F2N3O2. The lowest BCUT2D eigenvalue weighted by atomic mass is 9.97. The highest BCUT2D eigenvalue weighted by molar-refractivity contribution is 5.77. The van der Waals surface area contributed by atoms with Crippen LogP contribution in [0.3, 0.4) is 0 Å². The molecule has 0 unspecified atom stereocenters. The van der Waals surface area contributed by atoms with E-state index in [4.69, 9.17) is 0 Å². The van der Waals surface area contributed by atoms with Crippen LogP contribution in [0.15, 0.2) is 83.7 Å². The van der Waals surface area contributed by atoms with Gasteiger partial charge in [-0.15, -0.1) is 0 Å². The van der Waals surface area contributed by atoms with E-state index in [1.807, 2.05) is 43.3 Å². The Morgan fingerprint density at radius 2 is 1.55 bits per heavy atom. The molecule has 0 saturated heterocycles. The minimum absolute atomic E-state index is 0.0964. The van der Waals surface area contributed by atoms with Crippen LogP contribution in [0.4, 0.5) is 8.78 Å². The molecule has 2 N–H and O–H groups in total.